The summed E-state index contributed by atoms with van der Waals surface area (Å²) >= 11 is 0. The molecule has 1 unspecified atom stereocenters. The molecule has 0 aromatic rings. The lowest BCUT2D eigenvalue weighted by Gasteiger charge is -2.22. The highest BCUT2D eigenvalue weighted by atomic mass is 16.1. The molecule has 0 bridgehead atoms. The molecule has 0 radical (unpaired) electrons. The van der Waals surface area contributed by atoms with Gasteiger partial charge in [-0.15, -0.1) is 0 Å². The summed E-state index contributed by atoms with van der Waals surface area (Å²) in [5.41, 5.74) is 0. The van der Waals surface area contributed by atoms with Gasteiger partial charge in [0.15, 0.2) is 0 Å². The third-order valence-corrected chi connectivity index (χ3v) is 3.40. The Morgan fingerprint density at radius 1 is 1.20 bits per heavy atom. The zero-order chi connectivity index (χ0) is 10.5. The van der Waals surface area contributed by atoms with Crippen molar-refractivity contribution in [1.29, 1.82) is 0 Å². The lowest BCUT2D eigenvalue weighted by Crippen LogP contribution is -2.42. The highest BCUT2D eigenvalue weighted by Gasteiger charge is 2.22. The van der Waals surface area contributed by atoms with Gasteiger partial charge in [0.25, 0.3) is 0 Å². The van der Waals surface area contributed by atoms with E-state index in [0.717, 1.165) is 39.0 Å². The first-order valence-corrected chi connectivity index (χ1v) is 6.08. The van der Waals surface area contributed by atoms with E-state index < -0.39 is 0 Å². The molecule has 2 rings (SSSR count). The summed E-state index contributed by atoms with van der Waals surface area (Å²) in [5, 5.41) is 9.73. The van der Waals surface area contributed by atoms with E-state index in [1.165, 1.54) is 12.8 Å². The predicted octanol–water partition coefficient (Wildman–Crippen LogP) is -0.146. The average Bonchev–Trinajstić information content (AvgIpc) is 2.80. The van der Waals surface area contributed by atoms with E-state index in [0.29, 0.717) is 6.04 Å². The third-order valence-electron chi connectivity index (χ3n) is 3.40. The molecule has 1 amide bonds. The molecular formula is C11H21N3O. The zero-order valence-corrected chi connectivity index (χ0v) is 9.22. The largest absolute Gasteiger partial charge is 0.354 e. The van der Waals surface area contributed by atoms with Crippen molar-refractivity contribution in [2.24, 2.45) is 5.92 Å². The Kier molecular flexibility index (Phi) is 3.97. The van der Waals surface area contributed by atoms with Crippen molar-refractivity contribution in [3.05, 3.63) is 0 Å². The third kappa shape index (κ3) is 3.18. The molecule has 2 saturated heterocycles. The molecule has 0 aromatic heterocycles. The Bertz CT molecular complexity index is 208. The van der Waals surface area contributed by atoms with Crippen molar-refractivity contribution in [2.75, 3.05) is 26.2 Å². The molecular weight excluding hydrogens is 190 g/mol. The molecule has 2 heterocycles. The van der Waals surface area contributed by atoms with Crippen LogP contribution < -0.4 is 16.0 Å². The van der Waals surface area contributed by atoms with Crippen molar-refractivity contribution >= 4 is 5.91 Å². The summed E-state index contributed by atoms with van der Waals surface area (Å²) in [6.07, 6.45) is 4.42. The Morgan fingerprint density at radius 3 is 2.67 bits per heavy atom. The molecule has 0 spiro atoms. The standard InChI is InChI=1S/C11H21N3O/c15-11(9-3-6-12-7-4-9)14-8-10-2-1-5-13-10/h9-10,12-13H,1-8H2,(H,14,15). The van der Waals surface area contributed by atoms with Crippen LogP contribution in [0.5, 0.6) is 0 Å². The van der Waals surface area contributed by atoms with E-state index in [4.69, 9.17) is 0 Å². The van der Waals surface area contributed by atoms with Crippen LogP contribution in [-0.2, 0) is 4.79 Å². The molecule has 0 aromatic carbocycles. The van der Waals surface area contributed by atoms with Gasteiger partial charge in [-0.25, -0.2) is 0 Å². The Morgan fingerprint density at radius 2 is 2.00 bits per heavy atom. The van der Waals surface area contributed by atoms with Crippen LogP contribution in [0, 0.1) is 5.92 Å². The van der Waals surface area contributed by atoms with Crippen LogP contribution >= 0.6 is 0 Å². The number of carbonyl (C=O) groups excluding carboxylic acids is 1. The number of carbonyl (C=O) groups is 1. The van der Waals surface area contributed by atoms with Gasteiger partial charge in [-0.1, -0.05) is 0 Å². The van der Waals surface area contributed by atoms with Gasteiger partial charge < -0.3 is 16.0 Å². The van der Waals surface area contributed by atoms with Crippen LogP contribution in [-0.4, -0.2) is 38.1 Å². The van der Waals surface area contributed by atoms with Crippen molar-refractivity contribution in [1.82, 2.24) is 16.0 Å². The molecule has 86 valence electrons. The van der Waals surface area contributed by atoms with E-state index in [1.54, 1.807) is 0 Å². The zero-order valence-electron chi connectivity index (χ0n) is 9.22. The van der Waals surface area contributed by atoms with Crippen LogP contribution in [0.1, 0.15) is 25.7 Å². The minimum absolute atomic E-state index is 0.243. The predicted molar refractivity (Wildman–Crippen MR) is 59.6 cm³/mol. The van der Waals surface area contributed by atoms with E-state index in [9.17, 15) is 4.79 Å². The van der Waals surface area contributed by atoms with Gasteiger partial charge in [-0.2, -0.15) is 0 Å². The minimum atomic E-state index is 0.243. The first-order valence-electron chi connectivity index (χ1n) is 6.08. The Labute approximate surface area is 91.2 Å². The molecule has 2 aliphatic rings. The summed E-state index contributed by atoms with van der Waals surface area (Å²) in [5.74, 6) is 0.498. The number of rotatable bonds is 3. The molecule has 1 atom stereocenters. The van der Waals surface area contributed by atoms with Gasteiger partial charge in [-0.3, -0.25) is 4.79 Å². The van der Waals surface area contributed by atoms with Crippen molar-refractivity contribution < 1.29 is 4.79 Å². The summed E-state index contributed by atoms with van der Waals surface area (Å²) < 4.78 is 0. The van der Waals surface area contributed by atoms with Crippen LogP contribution in [0.3, 0.4) is 0 Å². The first-order chi connectivity index (χ1) is 7.36. The van der Waals surface area contributed by atoms with Gasteiger partial charge in [0, 0.05) is 18.5 Å². The lowest BCUT2D eigenvalue weighted by atomic mass is 9.97. The van der Waals surface area contributed by atoms with Crippen molar-refractivity contribution in [2.45, 2.75) is 31.7 Å². The normalized spacial score (nSPS) is 27.9. The van der Waals surface area contributed by atoms with Gasteiger partial charge in [-0.05, 0) is 45.3 Å². The summed E-state index contributed by atoms with van der Waals surface area (Å²) in [6, 6.07) is 0.510. The highest BCUT2D eigenvalue weighted by Crippen LogP contribution is 2.11. The van der Waals surface area contributed by atoms with E-state index >= 15 is 0 Å². The molecule has 15 heavy (non-hydrogen) atoms. The lowest BCUT2D eigenvalue weighted by molar-refractivity contribution is -0.125. The van der Waals surface area contributed by atoms with E-state index in [-0.39, 0.29) is 11.8 Å². The Balaban J connectivity index is 1.66. The highest BCUT2D eigenvalue weighted by molar-refractivity contribution is 5.78. The number of piperidine rings is 1. The minimum Gasteiger partial charge on any atom is -0.354 e. The molecule has 2 aliphatic heterocycles. The SMILES string of the molecule is O=C(NCC1CCCN1)C1CCNCC1. The van der Waals surface area contributed by atoms with Crippen LogP contribution in [0.15, 0.2) is 0 Å². The molecule has 3 N–H and O–H groups in total. The van der Waals surface area contributed by atoms with E-state index in [1.807, 2.05) is 0 Å². The number of hydrogen-bond acceptors (Lipinski definition) is 3. The molecule has 2 fully saturated rings. The van der Waals surface area contributed by atoms with Gasteiger partial charge in [0.2, 0.25) is 5.91 Å². The maximum absolute atomic E-state index is 11.8. The maximum atomic E-state index is 11.8. The van der Waals surface area contributed by atoms with Gasteiger partial charge in [0.1, 0.15) is 0 Å². The smallest absolute Gasteiger partial charge is 0.223 e. The van der Waals surface area contributed by atoms with Crippen molar-refractivity contribution in [3.8, 4) is 0 Å². The van der Waals surface area contributed by atoms with Crippen LogP contribution in [0.25, 0.3) is 0 Å². The number of amides is 1. The van der Waals surface area contributed by atoms with Gasteiger partial charge >= 0.3 is 0 Å². The topological polar surface area (TPSA) is 53.2 Å². The summed E-state index contributed by atoms with van der Waals surface area (Å²) in [4.78, 5) is 11.8. The summed E-state index contributed by atoms with van der Waals surface area (Å²) in [6.45, 7) is 3.89. The van der Waals surface area contributed by atoms with E-state index in [2.05, 4.69) is 16.0 Å². The second-order valence-electron chi connectivity index (χ2n) is 4.56. The number of nitrogens with one attached hydrogen (secondary N) is 3. The Hall–Kier alpha value is -0.610. The quantitative estimate of drug-likeness (QED) is 0.609. The van der Waals surface area contributed by atoms with Crippen LogP contribution in [0.2, 0.25) is 0 Å². The second kappa shape index (κ2) is 5.47. The molecule has 4 heteroatoms. The first kappa shape index (κ1) is 10.9. The molecule has 4 nitrogen and oxygen atoms in total. The average molecular weight is 211 g/mol. The fourth-order valence-electron chi connectivity index (χ4n) is 2.38. The number of hydrogen-bond donors (Lipinski definition) is 3. The molecule has 0 saturated carbocycles. The summed E-state index contributed by atoms with van der Waals surface area (Å²) in [7, 11) is 0. The fourth-order valence-corrected chi connectivity index (χ4v) is 2.38. The maximum Gasteiger partial charge on any atom is 0.223 e. The van der Waals surface area contributed by atoms with Crippen LogP contribution in [0.4, 0.5) is 0 Å². The fraction of sp³-hybridized carbons (Fsp3) is 0.909. The van der Waals surface area contributed by atoms with Gasteiger partial charge in [0.05, 0.1) is 0 Å². The van der Waals surface area contributed by atoms with Crippen molar-refractivity contribution in [3.63, 3.8) is 0 Å². The monoisotopic (exact) mass is 211 g/mol. The second-order valence-corrected chi connectivity index (χ2v) is 4.56. The molecule has 0 aliphatic carbocycles.